The molecule has 0 aliphatic heterocycles. The second kappa shape index (κ2) is 4.37. The molecule has 0 saturated heterocycles. The van der Waals surface area contributed by atoms with Crippen molar-refractivity contribution in [3.63, 3.8) is 0 Å². The first-order valence-corrected chi connectivity index (χ1v) is 5.04. The van der Waals surface area contributed by atoms with Crippen LogP contribution in [0.4, 0.5) is 0 Å². The molecule has 4 heteroatoms. The van der Waals surface area contributed by atoms with Crippen LogP contribution in [0.2, 0.25) is 0 Å². The lowest BCUT2D eigenvalue weighted by atomic mass is 10.0. The number of nitrogens with one attached hydrogen (secondary N) is 1. The molecule has 1 heterocycles. The maximum Gasteiger partial charge on any atom is 0.140 e. The molecule has 1 aromatic carbocycles. The molecule has 2 aromatic rings. The number of H-pyrrole nitrogens is 1. The SMILES string of the molecule is COc1ccc(C)cc1C(O)c1ncc[nH]1. The average Bonchev–Trinajstić information content (AvgIpc) is 2.81. The highest BCUT2D eigenvalue weighted by Gasteiger charge is 2.17. The van der Waals surface area contributed by atoms with Crippen molar-refractivity contribution in [2.24, 2.45) is 0 Å². The number of aromatic nitrogens is 2. The molecule has 2 rings (SSSR count). The maximum atomic E-state index is 10.1. The lowest BCUT2D eigenvalue weighted by Gasteiger charge is -2.13. The van der Waals surface area contributed by atoms with Gasteiger partial charge in [0.2, 0.25) is 0 Å². The normalized spacial score (nSPS) is 12.4. The molecule has 4 nitrogen and oxygen atoms in total. The molecule has 0 aliphatic carbocycles. The number of aromatic amines is 1. The maximum absolute atomic E-state index is 10.1. The van der Waals surface area contributed by atoms with Crippen LogP contribution in [-0.2, 0) is 0 Å². The number of methoxy groups -OCH3 is 1. The van der Waals surface area contributed by atoms with Crippen LogP contribution in [0.1, 0.15) is 23.1 Å². The van der Waals surface area contributed by atoms with E-state index in [0.29, 0.717) is 11.6 Å². The summed E-state index contributed by atoms with van der Waals surface area (Å²) in [6, 6.07) is 5.68. The molecule has 0 spiro atoms. The molecule has 2 N–H and O–H groups in total. The molecular formula is C12H14N2O2. The molecule has 0 amide bonds. The highest BCUT2D eigenvalue weighted by Crippen LogP contribution is 2.28. The first kappa shape index (κ1) is 10.7. The van der Waals surface area contributed by atoms with Crippen LogP contribution in [0.15, 0.2) is 30.6 Å². The minimum atomic E-state index is -0.787. The number of hydrogen-bond acceptors (Lipinski definition) is 3. The molecule has 1 unspecified atom stereocenters. The van der Waals surface area contributed by atoms with E-state index in [2.05, 4.69) is 9.97 Å². The Labute approximate surface area is 93.9 Å². The summed E-state index contributed by atoms with van der Waals surface area (Å²) < 4.78 is 5.22. The van der Waals surface area contributed by atoms with Gasteiger partial charge in [-0.05, 0) is 19.1 Å². The van der Waals surface area contributed by atoms with Gasteiger partial charge in [-0.3, -0.25) is 0 Å². The monoisotopic (exact) mass is 218 g/mol. The predicted octanol–water partition coefficient (Wildman–Crippen LogP) is 1.81. The summed E-state index contributed by atoms with van der Waals surface area (Å²) in [6.45, 7) is 1.97. The first-order valence-electron chi connectivity index (χ1n) is 5.04. The zero-order chi connectivity index (χ0) is 11.5. The fraction of sp³-hybridized carbons (Fsp3) is 0.250. The van der Waals surface area contributed by atoms with Gasteiger partial charge in [0.05, 0.1) is 7.11 Å². The molecule has 0 fully saturated rings. The second-order valence-corrected chi connectivity index (χ2v) is 3.62. The van der Waals surface area contributed by atoms with Crippen molar-refractivity contribution in [3.05, 3.63) is 47.5 Å². The highest BCUT2D eigenvalue weighted by atomic mass is 16.5. The van der Waals surface area contributed by atoms with Gasteiger partial charge in [-0.2, -0.15) is 0 Å². The molecule has 16 heavy (non-hydrogen) atoms. The standard InChI is InChI=1S/C12H14N2O2/c1-8-3-4-10(16-2)9(7-8)11(15)12-13-5-6-14-12/h3-7,11,15H,1-2H3,(H,13,14). The van der Waals surface area contributed by atoms with E-state index < -0.39 is 6.10 Å². The molecule has 0 bridgehead atoms. The third-order valence-corrected chi connectivity index (χ3v) is 2.46. The first-order chi connectivity index (χ1) is 7.72. The predicted molar refractivity (Wildman–Crippen MR) is 60.4 cm³/mol. The lowest BCUT2D eigenvalue weighted by Crippen LogP contribution is -2.04. The molecule has 84 valence electrons. The minimum Gasteiger partial charge on any atom is -0.496 e. The summed E-state index contributed by atoms with van der Waals surface area (Å²) in [4.78, 5) is 6.93. The zero-order valence-electron chi connectivity index (χ0n) is 9.27. The Kier molecular flexibility index (Phi) is 2.92. The third-order valence-electron chi connectivity index (χ3n) is 2.46. The molecular weight excluding hydrogens is 204 g/mol. The summed E-state index contributed by atoms with van der Waals surface area (Å²) in [5.41, 5.74) is 1.79. The molecule has 0 radical (unpaired) electrons. The van der Waals surface area contributed by atoms with Crippen LogP contribution in [-0.4, -0.2) is 22.2 Å². The third kappa shape index (κ3) is 1.92. The Morgan fingerprint density at radius 2 is 2.25 bits per heavy atom. The number of aryl methyl sites for hydroxylation is 1. The summed E-state index contributed by atoms with van der Waals surface area (Å²) in [5.74, 6) is 1.18. The van der Waals surface area contributed by atoms with Gasteiger partial charge in [0, 0.05) is 18.0 Å². The van der Waals surface area contributed by atoms with Gasteiger partial charge in [0.15, 0.2) is 0 Å². The number of rotatable bonds is 3. The summed E-state index contributed by atoms with van der Waals surface area (Å²) in [7, 11) is 1.59. The quantitative estimate of drug-likeness (QED) is 0.826. The van der Waals surface area contributed by atoms with Gasteiger partial charge in [0.1, 0.15) is 17.7 Å². The summed E-state index contributed by atoms with van der Waals surface area (Å²) in [5, 5.41) is 10.1. The Bertz CT molecular complexity index is 466. The van der Waals surface area contributed by atoms with E-state index in [9.17, 15) is 5.11 Å². The van der Waals surface area contributed by atoms with E-state index in [0.717, 1.165) is 11.1 Å². The number of imidazole rings is 1. The van der Waals surface area contributed by atoms with Crippen molar-refractivity contribution in [1.29, 1.82) is 0 Å². The topological polar surface area (TPSA) is 58.1 Å². The summed E-state index contributed by atoms with van der Waals surface area (Å²) >= 11 is 0. The van der Waals surface area contributed by atoms with Crippen molar-refractivity contribution in [2.45, 2.75) is 13.0 Å². The lowest BCUT2D eigenvalue weighted by molar-refractivity contribution is 0.205. The Balaban J connectivity index is 2.42. The van der Waals surface area contributed by atoms with Gasteiger partial charge in [-0.25, -0.2) is 4.98 Å². The summed E-state index contributed by atoms with van der Waals surface area (Å²) in [6.07, 6.45) is 2.51. The number of aliphatic hydroxyl groups excluding tert-OH is 1. The van der Waals surface area contributed by atoms with E-state index in [1.54, 1.807) is 19.5 Å². The largest absolute Gasteiger partial charge is 0.496 e. The number of benzene rings is 1. The van der Waals surface area contributed by atoms with Crippen LogP contribution in [0.25, 0.3) is 0 Å². The van der Waals surface area contributed by atoms with Crippen LogP contribution in [0.5, 0.6) is 5.75 Å². The van der Waals surface area contributed by atoms with E-state index in [4.69, 9.17) is 4.74 Å². The Morgan fingerprint density at radius 3 is 2.88 bits per heavy atom. The Morgan fingerprint density at radius 1 is 1.44 bits per heavy atom. The van der Waals surface area contributed by atoms with E-state index >= 15 is 0 Å². The number of ether oxygens (including phenoxy) is 1. The van der Waals surface area contributed by atoms with Crippen LogP contribution in [0, 0.1) is 6.92 Å². The van der Waals surface area contributed by atoms with Crippen molar-refractivity contribution in [1.82, 2.24) is 9.97 Å². The molecule has 0 aliphatic rings. The fourth-order valence-electron chi connectivity index (χ4n) is 1.64. The van der Waals surface area contributed by atoms with Gasteiger partial charge in [-0.1, -0.05) is 11.6 Å². The Hall–Kier alpha value is -1.81. The number of hydrogen-bond donors (Lipinski definition) is 2. The van der Waals surface area contributed by atoms with Crippen molar-refractivity contribution < 1.29 is 9.84 Å². The average molecular weight is 218 g/mol. The fourth-order valence-corrected chi connectivity index (χ4v) is 1.64. The van der Waals surface area contributed by atoms with Gasteiger partial charge >= 0.3 is 0 Å². The number of nitrogens with zero attached hydrogens (tertiary/aromatic N) is 1. The van der Waals surface area contributed by atoms with Crippen molar-refractivity contribution >= 4 is 0 Å². The van der Waals surface area contributed by atoms with E-state index in [1.807, 2.05) is 25.1 Å². The van der Waals surface area contributed by atoms with Crippen LogP contribution in [0.3, 0.4) is 0 Å². The van der Waals surface area contributed by atoms with Gasteiger partial charge in [0.25, 0.3) is 0 Å². The highest BCUT2D eigenvalue weighted by molar-refractivity contribution is 5.40. The minimum absolute atomic E-state index is 0.518. The number of aliphatic hydroxyl groups is 1. The molecule has 1 atom stereocenters. The molecule has 1 aromatic heterocycles. The van der Waals surface area contributed by atoms with Gasteiger partial charge in [-0.15, -0.1) is 0 Å². The zero-order valence-corrected chi connectivity index (χ0v) is 9.27. The van der Waals surface area contributed by atoms with Gasteiger partial charge < -0.3 is 14.8 Å². The van der Waals surface area contributed by atoms with E-state index in [1.165, 1.54) is 0 Å². The van der Waals surface area contributed by atoms with Crippen LogP contribution < -0.4 is 4.74 Å². The van der Waals surface area contributed by atoms with Crippen molar-refractivity contribution in [2.75, 3.05) is 7.11 Å². The smallest absolute Gasteiger partial charge is 0.140 e. The van der Waals surface area contributed by atoms with Crippen LogP contribution >= 0.6 is 0 Å². The van der Waals surface area contributed by atoms with Crippen molar-refractivity contribution in [3.8, 4) is 5.75 Å². The second-order valence-electron chi connectivity index (χ2n) is 3.62. The van der Waals surface area contributed by atoms with E-state index in [-0.39, 0.29) is 0 Å². The molecule has 0 saturated carbocycles.